The molecule has 0 saturated carbocycles. The van der Waals surface area contributed by atoms with Crippen LogP contribution in [0.15, 0.2) is 155 Å². The molecule has 65 heavy (non-hydrogen) atoms. The van der Waals surface area contributed by atoms with Gasteiger partial charge in [0.25, 0.3) is 0 Å². The quantitative estimate of drug-likeness (QED) is 0.155. The zero-order valence-electron chi connectivity index (χ0n) is 40.4. The van der Waals surface area contributed by atoms with E-state index in [-0.39, 0.29) is 42.9 Å². The maximum atomic E-state index is 8.50. The van der Waals surface area contributed by atoms with Crippen LogP contribution in [0.3, 0.4) is 0 Å². The molecule has 0 saturated heterocycles. The monoisotopic (exact) mass is 1030 g/mol. The molecule has 0 unspecified atom stereocenters. The summed E-state index contributed by atoms with van der Waals surface area (Å²) in [5.74, 6) is 0.971. The molecule has 6 nitrogen and oxygen atoms in total. The van der Waals surface area contributed by atoms with E-state index in [4.69, 9.17) is 22.9 Å². The molecule has 6 aromatic carbocycles. The van der Waals surface area contributed by atoms with Crippen LogP contribution in [0, 0.1) is 19.0 Å². The molecule has 0 spiro atoms. The van der Waals surface area contributed by atoms with Gasteiger partial charge < -0.3 is 18.4 Å². The smallest absolute Gasteiger partial charge is 0.228 e. The number of fused-ring (bicyclic) bond motifs is 7. The molecule has 0 N–H and O–H groups in total. The predicted molar refractivity (Wildman–Crippen MR) is 263 cm³/mol. The third-order valence-electron chi connectivity index (χ3n) is 12.0. The van der Waals surface area contributed by atoms with E-state index >= 15 is 0 Å². The van der Waals surface area contributed by atoms with Crippen molar-refractivity contribution < 1.29 is 33.1 Å². The summed E-state index contributed by atoms with van der Waals surface area (Å²) in [5.41, 5.74) is 14.1. The summed E-state index contributed by atoms with van der Waals surface area (Å²) in [6.45, 7) is 13.1. The minimum absolute atomic E-state index is 0. The Balaban J connectivity index is 0.000000289. The molecule has 5 heterocycles. The van der Waals surface area contributed by atoms with E-state index < -0.39 is 6.85 Å². The van der Waals surface area contributed by atoms with Crippen molar-refractivity contribution in [1.82, 2.24) is 19.5 Å². The number of furan rings is 2. The van der Waals surface area contributed by atoms with Crippen molar-refractivity contribution in [3.05, 3.63) is 180 Å². The van der Waals surface area contributed by atoms with Crippen LogP contribution in [0.25, 0.3) is 94.6 Å². The summed E-state index contributed by atoms with van der Waals surface area (Å²) in [6, 6.07) is 53.0. The van der Waals surface area contributed by atoms with E-state index in [1.54, 1.807) is 6.07 Å². The molecule has 0 atom stereocenters. The molecule has 0 bridgehead atoms. The minimum Gasteiger partial charge on any atom is -0.499 e. The molecule has 11 rings (SSSR count). The number of aryl methyl sites for hydroxylation is 1. The number of para-hydroxylation sites is 3. The number of nitrogens with zero attached hydrogens (tertiary/aromatic N) is 4. The van der Waals surface area contributed by atoms with Gasteiger partial charge in [0.1, 0.15) is 16.7 Å². The fourth-order valence-electron chi connectivity index (χ4n) is 8.66. The maximum Gasteiger partial charge on any atom is 0.228 e. The van der Waals surface area contributed by atoms with Crippen molar-refractivity contribution in [2.24, 2.45) is 0 Å². The van der Waals surface area contributed by atoms with E-state index in [2.05, 4.69) is 125 Å². The van der Waals surface area contributed by atoms with Crippen LogP contribution < -0.4 is 0 Å². The fourth-order valence-corrected chi connectivity index (χ4v) is 8.66. The van der Waals surface area contributed by atoms with Crippen LogP contribution in [0.5, 0.6) is 0 Å². The zero-order valence-corrected chi connectivity index (χ0v) is 39.8. The topological polar surface area (TPSA) is 69.9 Å². The first-order valence-corrected chi connectivity index (χ1v) is 21.9. The summed E-state index contributed by atoms with van der Waals surface area (Å²) in [7, 11) is 0. The van der Waals surface area contributed by atoms with Gasteiger partial charge in [-0.25, -0.2) is 4.98 Å². The van der Waals surface area contributed by atoms with Crippen LogP contribution in [0.1, 0.15) is 86.7 Å². The molecule has 325 valence electrons. The first-order chi connectivity index (χ1) is 32.2. The van der Waals surface area contributed by atoms with Gasteiger partial charge in [0.05, 0.1) is 27.8 Å². The van der Waals surface area contributed by atoms with E-state index in [0.29, 0.717) is 44.8 Å². The second-order valence-corrected chi connectivity index (χ2v) is 18.1. The maximum absolute atomic E-state index is 8.50. The van der Waals surface area contributed by atoms with Crippen molar-refractivity contribution in [2.45, 2.75) is 72.6 Å². The minimum atomic E-state index is -2.45. The van der Waals surface area contributed by atoms with Crippen molar-refractivity contribution in [2.75, 3.05) is 0 Å². The average molecular weight is 1030 g/mol. The van der Waals surface area contributed by atoms with E-state index in [9.17, 15) is 0 Å². The number of rotatable bonds is 6. The second kappa shape index (κ2) is 17.4. The average Bonchev–Trinajstić information content (AvgIpc) is 4.01. The number of imidazole rings is 1. The van der Waals surface area contributed by atoms with Crippen LogP contribution >= 0.6 is 0 Å². The van der Waals surface area contributed by atoms with Crippen molar-refractivity contribution in [3.8, 4) is 39.5 Å². The summed E-state index contributed by atoms with van der Waals surface area (Å²) < 4.78 is 40.5. The van der Waals surface area contributed by atoms with Gasteiger partial charge in [-0.2, -0.15) is 0 Å². The van der Waals surface area contributed by atoms with Crippen LogP contribution in [-0.2, 0) is 25.5 Å². The Kier molecular flexibility index (Phi) is 10.7. The Labute approximate surface area is 398 Å². The van der Waals surface area contributed by atoms with Gasteiger partial charge in [-0.05, 0) is 98.6 Å². The van der Waals surface area contributed by atoms with E-state index in [0.717, 1.165) is 49.9 Å². The number of aromatic nitrogens is 4. The molecule has 7 heteroatoms. The molecule has 0 fully saturated rings. The molecule has 1 radical (unpaired) electrons. The SMILES string of the molecule is CC(C)(C)c1ccnc(-c2[c-]cccc2)c1.[2H]C([2H])([2H])c1c[c-]c(-c2nc3ccccc3n2-c2c(C(C)C)cc(-c3ccccc3)cc2C(C)C)c2oc3cc4c(nc3c12)oc1ccccc14.[Ir]. The Hall–Kier alpha value is -6.66. The second-order valence-electron chi connectivity index (χ2n) is 18.1. The third-order valence-corrected chi connectivity index (χ3v) is 12.0. The Morgan fingerprint density at radius 2 is 1.42 bits per heavy atom. The van der Waals surface area contributed by atoms with Gasteiger partial charge in [0, 0.05) is 41.5 Å². The largest absolute Gasteiger partial charge is 0.499 e. The predicted octanol–water partition coefficient (Wildman–Crippen LogP) is 15.8. The number of hydrogen-bond acceptors (Lipinski definition) is 5. The first kappa shape index (κ1) is 39.9. The summed E-state index contributed by atoms with van der Waals surface area (Å²) in [6.07, 6.45) is 1.87. The van der Waals surface area contributed by atoms with E-state index in [1.807, 2.05) is 85.1 Å². The standard InChI is InChI=1S/C43H34N3O2.C15H16N.Ir/c1-24(2)31-21-28(27-13-7-6-8-14-27)22-32(25(3)4)40(31)46-35-17-11-10-16-34(35)44-42(46)30-20-19-26(5)38-39-37(47-41(30)38)23-33-29-15-9-12-18-36(29)48-43(33)45-39;1-15(2,3)13-9-10-16-14(11-13)12-7-5-4-6-8-12;/h6-19,21-25H,1-5H3;4-7,9-11H,1-3H3;/q2*-1;/i5D3;;. The van der Waals surface area contributed by atoms with Crippen LogP contribution in [0.2, 0.25) is 0 Å². The molecule has 0 aliphatic heterocycles. The molecule has 5 aromatic heterocycles. The van der Waals surface area contributed by atoms with Gasteiger partial charge >= 0.3 is 0 Å². The number of hydrogen-bond donors (Lipinski definition) is 0. The number of pyridine rings is 2. The molecule has 0 aliphatic carbocycles. The summed E-state index contributed by atoms with van der Waals surface area (Å²) in [4.78, 5) is 14.5. The van der Waals surface area contributed by atoms with Crippen LogP contribution in [0.4, 0.5) is 0 Å². The molecular weight excluding hydrogens is 977 g/mol. The van der Waals surface area contributed by atoms with Gasteiger partial charge in [-0.15, -0.1) is 53.6 Å². The zero-order chi connectivity index (χ0) is 46.8. The summed E-state index contributed by atoms with van der Waals surface area (Å²) >= 11 is 0. The van der Waals surface area contributed by atoms with Crippen molar-refractivity contribution in [3.63, 3.8) is 0 Å². The third kappa shape index (κ3) is 7.98. The summed E-state index contributed by atoms with van der Waals surface area (Å²) in [5, 5.41) is 2.12. The molecule has 0 amide bonds. The van der Waals surface area contributed by atoms with Gasteiger partial charge in [0.15, 0.2) is 0 Å². The van der Waals surface area contributed by atoms with Crippen molar-refractivity contribution in [1.29, 1.82) is 0 Å². The Bertz CT molecular complexity index is 3590. The Morgan fingerprint density at radius 3 is 2.14 bits per heavy atom. The number of benzene rings is 6. The van der Waals surface area contributed by atoms with Crippen molar-refractivity contribution >= 4 is 55.2 Å². The normalized spacial score (nSPS) is 12.7. The van der Waals surface area contributed by atoms with Gasteiger partial charge in [-0.1, -0.05) is 128 Å². The Morgan fingerprint density at radius 1 is 0.692 bits per heavy atom. The molecular formula is C58H50IrN4O2-2. The van der Waals surface area contributed by atoms with Gasteiger partial charge in [-0.3, -0.25) is 4.98 Å². The van der Waals surface area contributed by atoms with E-state index in [1.165, 1.54) is 16.7 Å². The molecule has 11 aromatic rings. The van der Waals surface area contributed by atoms with Crippen LogP contribution in [-0.4, -0.2) is 19.5 Å². The first-order valence-electron chi connectivity index (χ1n) is 23.4. The fraction of sp³-hybridized carbons (Fsp3) is 0.190. The van der Waals surface area contributed by atoms with Gasteiger partial charge in [0.2, 0.25) is 5.71 Å². The molecule has 0 aliphatic rings.